The van der Waals surface area contributed by atoms with Crippen LogP contribution in [0.5, 0.6) is 0 Å². The Morgan fingerprint density at radius 3 is 1.83 bits per heavy atom. The summed E-state index contributed by atoms with van der Waals surface area (Å²) in [5.74, 6) is 0. The van der Waals surface area contributed by atoms with Crippen molar-refractivity contribution in [1.82, 2.24) is 4.90 Å². The van der Waals surface area contributed by atoms with Gasteiger partial charge in [0.05, 0.1) is 0 Å². The summed E-state index contributed by atoms with van der Waals surface area (Å²) in [5.41, 5.74) is 0. The van der Waals surface area contributed by atoms with Gasteiger partial charge in [-0.25, -0.2) is 12.2 Å². The minimum absolute atomic E-state index is 0. The minimum Gasteiger partial charge on any atom is -0.464 e. The molecule has 0 atom stereocenters. The fourth-order valence-corrected chi connectivity index (χ4v) is 0.340. The Morgan fingerprint density at radius 1 is 1.33 bits per heavy atom. The van der Waals surface area contributed by atoms with Crippen molar-refractivity contribution in [2.75, 3.05) is 14.1 Å². The Bertz CT molecular complexity index is 101. The van der Waals surface area contributed by atoms with Gasteiger partial charge in [-0.15, -0.1) is 31.2 Å². The predicted octanol–water partition coefficient (Wildman–Crippen LogP) is 2.49. The Balaban J connectivity index is -0.0000000436. The van der Waals surface area contributed by atoms with Gasteiger partial charge < -0.3 is 4.90 Å². The number of halogens is 2. The number of hydrogen-bond donors (Lipinski definition) is 0. The van der Waals surface area contributed by atoms with E-state index < -0.39 is 0 Å². The van der Waals surface area contributed by atoms with E-state index in [1.54, 1.807) is 4.90 Å². The maximum atomic E-state index is 3.47. The van der Waals surface area contributed by atoms with Crippen molar-refractivity contribution in [3.63, 3.8) is 0 Å². The molecule has 1 aliphatic rings. The first-order valence-corrected chi connectivity index (χ1v) is 2.93. The average Bonchev–Trinajstić information content (AvgIpc) is 2.11. The molecule has 0 spiro atoms. The van der Waals surface area contributed by atoms with E-state index in [0.29, 0.717) is 0 Å². The predicted molar refractivity (Wildman–Crippen MR) is 55.1 cm³/mol. The van der Waals surface area contributed by atoms with Gasteiger partial charge in [0.1, 0.15) is 0 Å². The van der Waals surface area contributed by atoms with Crippen LogP contribution in [0, 0.1) is 13.1 Å². The molecular formula is C8H15Cl2HfN-2. The number of rotatable bonds is 0. The van der Waals surface area contributed by atoms with E-state index in [-0.39, 0.29) is 50.7 Å². The van der Waals surface area contributed by atoms with Crippen LogP contribution in [0.2, 0.25) is 0 Å². The summed E-state index contributed by atoms with van der Waals surface area (Å²) < 4.78 is 0. The summed E-state index contributed by atoms with van der Waals surface area (Å²) in [5, 5.41) is 0. The van der Waals surface area contributed by atoms with E-state index in [0.717, 1.165) is 6.42 Å². The summed E-state index contributed by atoms with van der Waals surface area (Å²) in [7, 11) is 7.25. The van der Waals surface area contributed by atoms with Crippen molar-refractivity contribution in [3.05, 3.63) is 31.4 Å². The van der Waals surface area contributed by atoms with E-state index in [4.69, 9.17) is 0 Å². The second-order valence-electron chi connectivity index (χ2n) is 2.08. The van der Waals surface area contributed by atoms with Crippen molar-refractivity contribution in [2.24, 2.45) is 0 Å². The fraction of sp³-hybridized carbons (Fsp3) is 0.375. The van der Waals surface area contributed by atoms with Crippen molar-refractivity contribution in [3.8, 4) is 0 Å². The molecule has 0 aromatic carbocycles. The third kappa shape index (κ3) is 30.7. The fourth-order valence-electron chi connectivity index (χ4n) is 0.340. The third-order valence-corrected chi connectivity index (χ3v) is 0.586. The van der Waals surface area contributed by atoms with Crippen LogP contribution in [0.4, 0.5) is 0 Å². The van der Waals surface area contributed by atoms with Crippen LogP contribution in [0.15, 0.2) is 18.2 Å². The van der Waals surface area contributed by atoms with Crippen LogP contribution in [0.25, 0.3) is 0 Å². The molecule has 1 aliphatic carbocycles. The standard InChI is InChI=1S/C5H5.C3H8N.2ClH.Hf/c1-2-4-5-3-1;1-4(2)3;;;/h1-3H,4H2;1H2,2-3H3;2*1H;/q2*-1;;;. The monoisotopic (exact) mass is 375 g/mol. The number of hydrogen-bond acceptors (Lipinski definition) is 1. The third-order valence-electron chi connectivity index (χ3n) is 0.586. The van der Waals surface area contributed by atoms with Gasteiger partial charge in [0.25, 0.3) is 0 Å². The van der Waals surface area contributed by atoms with Crippen molar-refractivity contribution in [1.29, 1.82) is 0 Å². The molecule has 4 heteroatoms. The van der Waals surface area contributed by atoms with E-state index >= 15 is 0 Å². The topological polar surface area (TPSA) is 3.24 Å². The van der Waals surface area contributed by atoms with Gasteiger partial charge in [-0.1, -0.05) is 0 Å². The molecule has 72 valence electrons. The first-order chi connectivity index (χ1) is 4.23. The SMILES string of the molecule is Cl.Cl.[C-]1=CC=CC1.[CH2-]N(C)C.[Hf]. The van der Waals surface area contributed by atoms with Crippen LogP contribution < -0.4 is 0 Å². The van der Waals surface area contributed by atoms with Gasteiger partial charge in [0.15, 0.2) is 0 Å². The molecule has 0 unspecified atom stereocenters. The average molecular weight is 375 g/mol. The molecule has 0 heterocycles. The molecule has 0 aliphatic heterocycles. The van der Waals surface area contributed by atoms with Gasteiger partial charge in [-0.2, -0.15) is 6.08 Å². The van der Waals surface area contributed by atoms with E-state index in [2.05, 4.69) is 19.2 Å². The van der Waals surface area contributed by atoms with Crippen LogP contribution in [-0.2, 0) is 25.8 Å². The molecule has 1 nitrogen and oxygen atoms in total. The number of nitrogens with zero attached hydrogens (tertiary/aromatic N) is 1. The molecule has 12 heavy (non-hydrogen) atoms. The van der Waals surface area contributed by atoms with Crippen LogP contribution in [0.1, 0.15) is 6.42 Å². The maximum Gasteiger partial charge on any atom is 0 e. The first kappa shape index (κ1) is 23.1. The van der Waals surface area contributed by atoms with Gasteiger partial charge in [0, 0.05) is 25.8 Å². The molecule has 0 aromatic heterocycles. The van der Waals surface area contributed by atoms with Crippen LogP contribution in [-0.4, -0.2) is 19.0 Å². The first-order valence-electron chi connectivity index (χ1n) is 2.93. The zero-order chi connectivity index (χ0) is 7.11. The van der Waals surface area contributed by atoms with Gasteiger partial charge in [-0.3, -0.25) is 13.1 Å². The zero-order valence-electron chi connectivity index (χ0n) is 7.41. The molecular weight excluding hydrogens is 359 g/mol. The summed E-state index contributed by atoms with van der Waals surface area (Å²) in [4.78, 5) is 1.75. The van der Waals surface area contributed by atoms with Crippen LogP contribution >= 0.6 is 24.8 Å². The van der Waals surface area contributed by atoms with E-state index in [1.165, 1.54) is 0 Å². The summed E-state index contributed by atoms with van der Waals surface area (Å²) in [6.45, 7) is 0. The minimum atomic E-state index is 0. The maximum absolute atomic E-state index is 3.47. The second kappa shape index (κ2) is 17.8. The normalized spacial score (nSPS) is 10.3. The van der Waals surface area contributed by atoms with Crippen molar-refractivity contribution >= 4 is 24.8 Å². The van der Waals surface area contributed by atoms with E-state index in [9.17, 15) is 0 Å². The molecule has 0 aromatic rings. The van der Waals surface area contributed by atoms with Gasteiger partial charge in [-0.05, 0) is 14.1 Å². The van der Waals surface area contributed by atoms with E-state index in [1.807, 2.05) is 26.2 Å². The quantitative estimate of drug-likeness (QED) is 0.465. The smallest absolute Gasteiger partial charge is 0 e. The Morgan fingerprint density at radius 2 is 1.75 bits per heavy atom. The summed E-state index contributed by atoms with van der Waals surface area (Å²) >= 11 is 0. The van der Waals surface area contributed by atoms with Crippen molar-refractivity contribution < 1.29 is 25.8 Å². The van der Waals surface area contributed by atoms with Gasteiger partial charge in [0.2, 0.25) is 0 Å². The Hall–Kier alpha value is 0.890. The summed E-state index contributed by atoms with van der Waals surface area (Å²) in [6, 6.07) is 0. The molecule has 0 saturated heterocycles. The van der Waals surface area contributed by atoms with Crippen molar-refractivity contribution in [2.45, 2.75) is 6.42 Å². The Labute approximate surface area is 107 Å². The molecule has 1 rings (SSSR count). The van der Waals surface area contributed by atoms with Gasteiger partial charge >= 0.3 is 0 Å². The second-order valence-corrected chi connectivity index (χ2v) is 2.08. The van der Waals surface area contributed by atoms with Crippen LogP contribution in [0.3, 0.4) is 0 Å². The Kier molecular flexibility index (Phi) is 34.3. The molecule has 0 radical (unpaired) electrons. The molecule has 0 N–H and O–H groups in total. The molecule has 0 saturated carbocycles. The molecule has 0 bridgehead atoms. The molecule has 0 fully saturated rings. The number of allylic oxidation sites excluding steroid dienone is 4. The largest absolute Gasteiger partial charge is 0.464 e. The zero-order valence-corrected chi connectivity index (χ0v) is 12.6. The summed E-state index contributed by atoms with van der Waals surface area (Å²) in [6.07, 6.45) is 10.0. The molecule has 0 amide bonds.